The summed E-state index contributed by atoms with van der Waals surface area (Å²) in [6.07, 6.45) is -2.10. The third kappa shape index (κ3) is 5.21. The molecule has 0 saturated heterocycles. The molecule has 0 aliphatic heterocycles. The summed E-state index contributed by atoms with van der Waals surface area (Å²) in [6, 6.07) is 6.56. The number of nitrogens with zero attached hydrogens (tertiary/aromatic N) is 5. The second-order valence-corrected chi connectivity index (χ2v) is 6.54. The van der Waals surface area contributed by atoms with Crippen LogP contribution < -0.4 is 5.32 Å². The number of nitro groups is 1. The van der Waals surface area contributed by atoms with Crippen molar-refractivity contribution < 1.29 is 22.9 Å². The van der Waals surface area contributed by atoms with Gasteiger partial charge in [-0.15, -0.1) is 0 Å². The van der Waals surface area contributed by atoms with Crippen LogP contribution in [0.15, 0.2) is 42.7 Å². The summed E-state index contributed by atoms with van der Waals surface area (Å²) in [5.74, 6) is -0.118. The third-order valence-corrected chi connectivity index (χ3v) is 4.23. The standard InChI is InChI=1S/C18H17F3N6O3/c1-12-7-16(23-17(28)5-6-25-11-15(9-22-25)27(29)30)24-26(12)10-13-3-2-4-14(8-13)18(19,20)21/h2-4,7-9,11H,5-6,10H2,1H3,(H,23,24,28). The molecule has 0 atom stereocenters. The number of nitrogens with one attached hydrogen (secondary N) is 1. The fourth-order valence-electron chi connectivity index (χ4n) is 2.74. The average molecular weight is 422 g/mol. The largest absolute Gasteiger partial charge is 0.416 e. The number of carbonyl (C=O) groups excluding carboxylic acids is 1. The van der Waals surface area contributed by atoms with Gasteiger partial charge in [-0.05, 0) is 24.6 Å². The van der Waals surface area contributed by atoms with Crippen LogP contribution in [0.1, 0.15) is 23.2 Å². The van der Waals surface area contributed by atoms with Crippen molar-refractivity contribution in [3.63, 3.8) is 0 Å². The number of benzene rings is 1. The number of aromatic nitrogens is 4. The van der Waals surface area contributed by atoms with Gasteiger partial charge in [0.2, 0.25) is 5.91 Å². The maximum Gasteiger partial charge on any atom is 0.416 e. The van der Waals surface area contributed by atoms with Crippen LogP contribution in [-0.2, 0) is 24.1 Å². The molecule has 1 aromatic carbocycles. The summed E-state index contributed by atoms with van der Waals surface area (Å²) in [6.45, 7) is 1.98. The van der Waals surface area contributed by atoms with Gasteiger partial charge in [-0.2, -0.15) is 23.4 Å². The minimum atomic E-state index is -4.43. The van der Waals surface area contributed by atoms with Crippen molar-refractivity contribution in [2.75, 3.05) is 5.32 Å². The molecule has 3 rings (SSSR count). The number of hydrogen-bond acceptors (Lipinski definition) is 5. The molecule has 0 saturated carbocycles. The van der Waals surface area contributed by atoms with Gasteiger partial charge in [-0.3, -0.25) is 24.3 Å². The Bertz CT molecular complexity index is 1070. The first-order chi connectivity index (χ1) is 14.1. The van der Waals surface area contributed by atoms with Crippen LogP contribution in [0.3, 0.4) is 0 Å². The van der Waals surface area contributed by atoms with Crippen LogP contribution >= 0.6 is 0 Å². The number of alkyl halides is 3. The summed E-state index contributed by atoms with van der Waals surface area (Å²) in [4.78, 5) is 22.2. The topological polar surface area (TPSA) is 108 Å². The minimum Gasteiger partial charge on any atom is -0.309 e. The predicted octanol–water partition coefficient (Wildman–Crippen LogP) is 3.39. The van der Waals surface area contributed by atoms with Gasteiger partial charge in [0.1, 0.15) is 12.4 Å². The highest BCUT2D eigenvalue weighted by molar-refractivity contribution is 5.89. The smallest absolute Gasteiger partial charge is 0.309 e. The summed E-state index contributed by atoms with van der Waals surface area (Å²) < 4.78 is 41.4. The lowest BCUT2D eigenvalue weighted by Crippen LogP contribution is -2.15. The van der Waals surface area contributed by atoms with E-state index in [0.717, 1.165) is 18.3 Å². The van der Waals surface area contributed by atoms with Crippen LogP contribution in [0.4, 0.5) is 24.7 Å². The highest BCUT2D eigenvalue weighted by atomic mass is 19.4. The normalized spacial score (nSPS) is 11.5. The van der Waals surface area contributed by atoms with E-state index in [9.17, 15) is 28.1 Å². The second-order valence-electron chi connectivity index (χ2n) is 6.54. The van der Waals surface area contributed by atoms with Crippen LogP contribution in [-0.4, -0.2) is 30.4 Å². The maximum atomic E-state index is 12.9. The fourth-order valence-corrected chi connectivity index (χ4v) is 2.74. The number of hydrogen-bond donors (Lipinski definition) is 1. The first-order valence-corrected chi connectivity index (χ1v) is 8.79. The number of rotatable bonds is 7. The SMILES string of the molecule is Cc1cc(NC(=O)CCn2cc([N+](=O)[O-])cn2)nn1Cc1cccc(C(F)(F)F)c1. The molecule has 0 aliphatic rings. The van der Waals surface area contributed by atoms with Crippen molar-refractivity contribution in [1.29, 1.82) is 0 Å². The summed E-state index contributed by atoms with van der Waals surface area (Å²) in [5.41, 5.74) is 0.177. The van der Waals surface area contributed by atoms with E-state index >= 15 is 0 Å². The van der Waals surface area contributed by atoms with Gasteiger partial charge in [0.25, 0.3) is 0 Å². The number of amides is 1. The Morgan fingerprint density at radius 3 is 2.73 bits per heavy atom. The van der Waals surface area contributed by atoms with Gasteiger partial charge in [-0.1, -0.05) is 12.1 Å². The lowest BCUT2D eigenvalue weighted by molar-refractivity contribution is -0.385. The molecule has 158 valence electrons. The molecule has 0 spiro atoms. The van der Waals surface area contributed by atoms with Gasteiger partial charge in [-0.25, -0.2) is 0 Å². The molecule has 3 aromatic rings. The number of halogens is 3. The zero-order valence-corrected chi connectivity index (χ0v) is 15.8. The molecule has 9 nitrogen and oxygen atoms in total. The first kappa shape index (κ1) is 21.0. The Balaban J connectivity index is 1.60. The van der Waals surface area contributed by atoms with E-state index in [1.807, 2.05) is 0 Å². The molecule has 1 N–H and O–H groups in total. The van der Waals surface area contributed by atoms with Gasteiger partial charge in [0.05, 0.1) is 17.0 Å². The number of carbonyl (C=O) groups is 1. The molecule has 0 aliphatic carbocycles. The van der Waals surface area contributed by atoms with E-state index in [-0.39, 0.29) is 36.9 Å². The second kappa shape index (κ2) is 8.35. The molecular formula is C18H17F3N6O3. The van der Waals surface area contributed by atoms with E-state index in [1.165, 1.54) is 21.6 Å². The summed E-state index contributed by atoms with van der Waals surface area (Å²) in [5, 5.41) is 21.2. The van der Waals surface area contributed by atoms with Crippen LogP contribution in [0.5, 0.6) is 0 Å². The monoisotopic (exact) mass is 422 g/mol. The zero-order chi connectivity index (χ0) is 21.9. The quantitative estimate of drug-likeness (QED) is 0.464. The predicted molar refractivity (Wildman–Crippen MR) is 99.6 cm³/mol. The van der Waals surface area contributed by atoms with Crippen molar-refractivity contribution in [2.45, 2.75) is 32.6 Å². The molecule has 0 fully saturated rings. The molecule has 0 bridgehead atoms. The number of anilines is 1. The Labute approximate surface area is 168 Å². The van der Waals surface area contributed by atoms with Gasteiger partial charge in [0, 0.05) is 24.7 Å². The lowest BCUT2D eigenvalue weighted by atomic mass is 10.1. The van der Waals surface area contributed by atoms with Crippen molar-refractivity contribution in [3.05, 3.63) is 69.7 Å². The highest BCUT2D eigenvalue weighted by Crippen LogP contribution is 2.29. The van der Waals surface area contributed by atoms with Crippen molar-refractivity contribution >= 4 is 17.4 Å². The fraction of sp³-hybridized carbons (Fsp3) is 0.278. The Hall–Kier alpha value is -3.70. The van der Waals surface area contributed by atoms with E-state index in [4.69, 9.17) is 0 Å². The summed E-state index contributed by atoms with van der Waals surface area (Å²) in [7, 11) is 0. The maximum absolute atomic E-state index is 12.9. The molecule has 1 amide bonds. The van der Waals surface area contributed by atoms with E-state index < -0.39 is 16.7 Å². The molecule has 30 heavy (non-hydrogen) atoms. The van der Waals surface area contributed by atoms with E-state index in [1.54, 1.807) is 19.1 Å². The Morgan fingerprint density at radius 2 is 2.07 bits per heavy atom. The van der Waals surface area contributed by atoms with Crippen LogP contribution in [0.2, 0.25) is 0 Å². The lowest BCUT2D eigenvalue weighted by Gasteiger charge is -2.09. The summed E-state index contributed by atoms with van der Waals surface area (Å²) >= 11 is 0. The molecule has 0 unspecified atom stereocenters. The third-order valence-electron chi connectivity index (χ3n) is 4.23. The van der Waals surface area contributed by atoms with Gasteiger partial charge >= 0.3 is 11.9 Å². The minimum absolute atomic E-state index is 0.0123. The van der Waals surface area contributed by atoms with Crippen molar-refractivity contribution in [2.24, 2.45) is 0 Å². The zero-order valence-electron chi connectivity index (χ0n) is 15.8. The molecule has 2 heterocycles. The van der Waals surface area contributed by atoms with Crippen molar-refractivity contribution in [3.8, 4) is 0 Å². The molecule has 0 radical (unpaired) electrons. The highest BCUT2D eigenvalue weighted by Gasteiger charge is 2.30. The molecule has 2 aromatic heterocycles. The number of aryl methyl sites for hydroxylation is 2. The van der Waals surface area contributed by atoms with Crippen LogP contribution in [0.25, 0.3) is 0 Å². The van der Waals surface area contributed by atoms with Gasteiger partial charge < -0.3 is 5.32 Å². The first-order valence-electron chi connectivity index (χ1n) is 8.79. The van der Waals surface area contributed by atoms with Crippen LogP contribution in [0, 0.1) is 17.0 Å². The van der Waals surface area contributed by atoms with Crippen molar-refractivity contribution in [1.82, 2.24) is 19.6 Å². The van der Waals surface area contributed by atoms with E-state index in [2.05, 4.69) is 15.5 Å². The molecular weight excluding hydrogens is 405 g/mol. The van der Waals surface area contributed by atoms with E-state index in [0.29, 0.717) is 11.3 Å². The van der Waals surface area contributed by atoms with Gasteiger partial charge in [0.15, 0.2) is 5.82 Å². The average Bonchev–Trinajstić information content (AvgIpc) is 3.27. The Kier molecular flexibility index (Phi) is 5.85. The molecule has 12 heteroatoms. The Morgan fingerprint density at radius 1 is 1.30 bits per heavy atom.